The van der Waals surface area contributed by atoms with Crippen LogP contribution in [0.1, 0.15) is 33.1 Å². The molecule has 70 valence electrons. The number of rotatable bonds is 3. The highest BCUT2D eigenvalue weighted by molar-refractivity contribution is 5.10. The molecule has 1 aliphatic carbocycles. The highest BCUT2D eigenvalue weighted by atomic mass is 15.3. The summed E-state index contributed by atoms with van der Waals surface area (Å²) in [6.07, 6.45) is 4.11. The van der Waals surface area contributed by atoms with Crippen LogP contribution in [0.15, 0.2) is 0 Å². The molecule has 1 unspecified atom stereocenters. The molecule has 0 aromatic carbocycles. The highest BCUT2D eigenvalue weighted by Crippen LogP contribution is 2.56. The molecule has 1 atom stereocenters. The summed E-state index contributed by atoms with van der Waals surface area (Å²) in [5.41, 5.74) is 6.73. The van der Waals surface area contributed by atoms with Crippen LogP contribution in [-0.2, 0) is 0 Å². The Morgan fingerprint density at radius 2 is 2.00 bits per heavy atom. The van der Waals surface area contributed by atoms with Crippen molar-refractivity contribution in [1.29, 1.82) is 0 Å². The summed E-state index contributed by atoms with van der Waals surface area (Å²) in [4.78, 5) is 2.57. The van der Waals surface area contributed by atoms with E-state index < -0.39 is 0 Å². The zero-order valence-corrected chi connectivity index (χ0v) is 8.27. The van der Waals surface area contributed by atoms with Crippen molar-refractivity contribution in [3.63, 3.8) is 0 Å². The van der Waals surface area contributed by atoms with E-state index in [2.05, 4.69) is 18.7 Å². The predicted octanol–water partition coefficient (Wildman–Crippen LogP) is 1.21. The van der Waals surface area contributed by atoms with Gasteiger partial charge in [-0.1, -0.05) is 6.92 Å². The third-order valence-corrected chi connectivity index (χ3v) is 4.25. The molecule has 2 nitrogen and oxygen atoms in total. The van der Waals surface area contributed by atoms with E-state index in [0.29, 0.717) is 11.0 Å². The van der Waals surface area contributed by atoms with Crippen molar-refractivity contribution in [3.8, 4) is 0 Å². The Hall–Kier alpha value is -0.0800. The number of likely N-dealkylation sites (tertiary alicyclic amines) is 1. The number of hydrogen-bond acceptors (Lipinski definition) is 2. The minimum atomic E-state index is 0.297. The molecule has 0 aromatic heterocycles. The van der Waals surface area contributed by atoms with Crippen molar-refractivity contribution in [2.45, 2.75) is 38.6 Å². The Balaban J connectivity index is 2.11. The van der Waals surface area contributed by atoms with Crippen molar-refractivity contribution in [2.24, 2.45) is 11.1 Å². The largest absolute Gasteiger partial charge is 0.329 e. The zero-order valence-electron chi connectivity index (χ0n) is 8.27. The fourth-order valence-electron chi connectivity index (χ4n) is 2.29. The fraction of sp³-hybridized carbons (Fsp3) is 1.00. The van der Waals surface area contributed by atoms with Gasteiger partial charge in [0, 0.05) is 12.1 Å². The maximum absolute atomic E-state index is 5.90. The molecule has 0 aromatic rings. The van der Waals surface area contributed by atoms with Crippen LogP contribution < -0.4 is 5.73 Å². The van der Waals surface area contributed by atoms with Gasteiger partial charge in [-0.05, 0) is 44.7 Å². The molecule has 0 spiro atoms. The van der Waals surface area contributed by atoms with Gasteiger partial charge in [-0.3, -0.25) is 4.90 Å². The quantitative estimate of drug-likeness (QED) is 0.686. The van der Waals surface area contributed by atoms with E-state index in [1.54, 1.807) is 0 Å². The monoisotopic (exact) mass is 168 g/mol. The molecule has 0 amide bonds. The van der Waals surface area contributed by atoms with Crippen molar-refractivity contribution in [3.05, 3.63) is 0 Å². The van der Waals surface area contributed by atoms with Gasteiger partial charge >= 0.3 is 0 Å². The third-order valence-electron chi connectivity index (χ3n) is 4.25. The van der Waals surface area contributed by atoms with Crippen LogP contribution >= 0.6 is 0 Å². The molecule has 2 aliphatic rings. The molecule has 2 fully saturated rings. The molecule has 0 bridgehead atoms. The Kier molecular flexibility index (Phi) is 1.74. The van der Waals surface area contributed by atoms with Crippen molar-refractivity contribution in [1.82, 2.24) is 4.90 Å². The first kappa shape index (κ1) is 8.52. The van der Waals surface area contributed by atoms with Crippen molar-refractivity contribution < 1.29 is 0 Å². The average Bonchev–Trinajstić information content (AvgIpc) is 2.65. The summed E-state index contributed by atoms with van der Waals surface area (Å²) in [5, 5.41) is 0. The van der Waals surface area contributed by atoms with E-state index in [4.69, 9.17) is 5.73 Å². The maximum atomic E-state index is 5.90. The summed E-state index contributed by atoms with van der Waals surface area (Å²) in [7, 11) is 0. The summed E-state index contributed by atoms with van der Waals surface area (Å²) in [6.45, 7) is 8.09. The van der Waals surface area contributed by atoms with E-state index in [0.717, 1.165) is 6.54 Å². The lowest BCUT2D eigenvalue weighted by molar-refractivity contribution is -0.00112. The van der Waals surface area contributed by atoms with Gasteiger partial charge in [0.05, 0.1) is 0 Å². The lowest BCUT2D eigenvalue weighted by Gasteiger charge is -2.50. The Morgan fingerprint density at radius 3 is 2.25 bits per heavy atom. The molecule has 2 rings (SSSR count). The molecule has 1 saturated heterocycles. The Morgan fingerprint density at radius 1 is 1.42 bits per heavy atom. The van der Waals surface area contributed by atoms with Crippen LogP contribution in [-0.4, -0.2) is 30.1 Å². The lowest BCUT2D eigenvalue weighted by Crippen LogP contribution is -2.61. The number of nitrogens with zero attached hydrogens (tertiary/aromatic N) is 1. The second-order valence-electron chi connectivity index (χ2n) is 4.88. The first-order chi connectivity index (χ1) is 5.62. The molecule has 1 saturated carbocycles. The summed E-state index contributed by atoms with van der Waals surface area (Å²) >= 11 is 0. The Bertz CT molecular complexity index is 182. The third kappa shape index (κ3) is 0.944. The lowest BCUT2D eigenvalue weighted by atomic mass is 9.80. The second kappa shape index (κ2) is 2.46. The van der Waals surface area contributed by atoms with Gasteiger partial charge in [0.1, 0.15) is 0 Å². The van der Waals surface area contributed by atoms with E-state index in [1.807, 2.05) is 0 Å². The first-order valence-electron chi connectivity index (χ1n) is 5.07. The van der Waals surface area contributed by atoms with E-state index in [-0.39, 0.29) is 0 Å². The van der Waals surface area contributed by atoms with Gasteiger partial charge in [-0.15, -0.1) is 0 Å². The van der Waals surface area contributed by atoms with Gasteiger partial charge < -0.3 is 5.73 Å². The zero-order chi connectivity index (χ0) is 8.82. The molecule has 12 heavy (non-hydrogen) atoms. The molecule has 1 heterocycles. The maximum Gasteiger partial charge on any atom is 0.0357 e. The molecular weight excluding hydrogens is 148 g/mol. The Labute approximate surface area is 75.1 Å². The smallest absolute Gasteiger partial charge is 0.0357 e. The van der Waals surface area contributed by atoms with E-state index >= 15 is 0 Å². The minimum Gasteiger partial charge on any atom is -0.329 e. The van der Waals surface area contributed by atoms with Crippen LogP contribution in [0.2, 0.25) is 0 Å². The fourth-order valence-corrected chi connectivity index (χ4v) is 2.29. The van der Waals surface area contributed by atoms with Crippen LogP contribution in [0.4, 0.5) is 0 Å². The minimum absolute atomic E-state index is 0.297. The van der Waals surface area contributed by atoms with Gasteiger partial charge in [0.25, 0.3) is 0 Å². The molecule has 0 radical (unpaired) electrons. The van der Waals surface area contributed by atoms with Crippen LogP contribution in [0, 0.1) is 5.41 Å². The summed E-state index contributed by atoms with van der Waals surface area (Å²) in [6, 6.07) is 0. The van der Waals surface area contributed by atoms with Gasteiger partial charge in [0.15, 0.2) is 0 Å². The predicted molar refractivity (Wildman–Crippen MR) is 51.0 cm³/mol. The number of nitrogens with two attached hydrogens (primary N) is 1. The van der Waals surface area contributed by atoms with Gasteiger partial charge in [-0.25, -0.2) is 0 Å². The molecule has 2 heteroatoms. The van der Waals surface area contributed by atoms with Crippen LogP contribution in [0.25, 0.3) is 0 Å². The van der Waals surface area contributed by atoms with Crippen molar-refractivity contribution >= 4 is 0 Å². The normalized spacial score (nSPS) is 32.2. The molecule has 1 aliphatic heterocycles. The van der Waals surface area contributed by atoms with Crippen LogP contribution in [0.3, 0.4) is 0 Å². The molecule has 2 N–H and O–H groups in total. The standard InChI is InChI=1S/C10H20N2/c1-9(4-5-9)10(2,8-11)12-6-3-7-12/h3-8,11H2,1-2H3. The SMILES string of the molecule is CC1(C(C)(CN)N2CCC2)CC1. The van der Waals surface area contributed by atoms with Gasteiger partial charge in [-0.2, -0.15) is 0 Å². The van der Waals surface area contributed by atoms with Crippen molar-refractivity contribution in [2.75, 3.05) is 19.6 Å². The average molecular weight is 168 g/mol. The topological polar surface area (TPSA) is 29.3 Å². The van der Waals surface area contributed by atoms with E-state index in [1.165, 1.54) is 32.4 Å². The summed E-state index contributed by atoms with van der Waals surface area (Å²) < 4.78 is 0. The van der Waals surface area contributed by atoms with E-state index in [9.17, 15) is 0 Å². The highest BCUT2D eigenvalue weighted by Gasteiger charge is 2.55. The summed E-state index contributed by atoms with van der Waals surface area (Å²) in [5.74, 6) is 0. The number of hydrogen-bond donors (Lipinski definition) is 1. The second-order valence-corrected chi connectivity index (χ2v) is 4.88. The van der Waals surface area contributed by atoms with Gasteiger partial charge in [0.2, 0.25) is 0 Å². The first-order valence-corrected chi connectivity index (χ1v) is 5.07. The molecular formula is C10H20N2. The van der Waals surface area contributed by atoms with Crippen LogP contribution in [0.5, 0.6) is 0 Å².